The summed E-state index contributed by atoms with van der Waals surface area (Å²) in [6.45, 7) is 3.40. The number of aromatic nitrogens is 3. The minimum Gasteiger partial charge on any atom is -0.497 e. The SMILES string of the molecule is COc1ccc(C=C(C#N)C(=O)C(C)(C)n2cncn2)cc1. The lowest BCUT2D eigenvalue weighted by atomic mass is 9.92. The third-order valence-electron chi connectivity index (χ3n) is 3.34. The number of hydrogen-bond donors (Lipinski definition) is 0. The Labute approximate surface area is 128 Å². The molecule has 1 aromatic heterocycles. The van der Waals surface area contributed by atoms with Crippen molar-refractivity contribution in [3.63, 3.8) is 0 Å². The van der Waals surface area contributed by atoms with Gasteiger partial charge in [0.1, 0.15) is 30.0 Å². The van der Waals surface area contributed by atoms with Crippen molar-refractivity contribution in [2.75, 3.05) is 7.11 Å². The molecule has 0 aliphatic carbocycles. The van der Waals surface area contributed by atoms with Crippen LogP contribution in [0.1, 0.15) is 19.4 Å². The van der Waals surface area contributed by atoms with Crippen LogP contribution in [0.2, 0.25) is 0 Å². The smallest absolute Gasteiger partial charge is 0.200 e. The summed E-state index contributed by atoms with van der Waals surface area (Å²) in [5.74, 6) is 0.390. The maximum atomic E-state index is 12.6. The molecule has 2 rings (SSSR count). The van der Waals surface area contributed by atoms with Gasteiger partial charge in [-0.1, -0.05) is 12.1 Å². The molecule has 0 saturated carbocycles. The molecule has 0 amide bonds. The minimum atomic E-state index is -0.982. The first-order valence-corrected chi connectivity index (χ1v) is 6.65. The lowest BCUT2D eigenvalue weighted by Crippen LogP contribution is -2.37. The van der Waals surface area contributed by atoms with E-state index in [9.17, 15) is 10.1 Å². The number of carbonyl (C=O) groups excluding carboxylic acids is 1. The lowest BCUT2D eigenvalue weighted by Gasteiger charge is -2.22. The van der Waals surface area contributed by atoms with E-state index < -0.39 is 5.54 Å². The molecule has 0 atom stereocenters. The molecule has 0 saturated heterocycles. The average Bonchev–Trinajstić information content (AvgIpc) is 3.07. The first-order chi connectivity index (χ1) is 10.5. The molecule has 0 unspecified atom stereocenters. The number of ether oxygens (including phenoxy) is 1. The summed E-state index contributed by atoms with van der Waals surface area (Å²) in [4.78, 5) is 16.5. The summed E-state index contributed by atoms with van der Waals surface area (Å²) < 4.78 is 6.52. The van der Waals surface area contributed by atoms with Gasteiger partial charge in [0.05, 0.1) is 12.7 Å². The fraction of sp³-hybridized carbons (Fsp3) is 0.250. The Hall–Kier alpha value is -2.94. The van der Waals surface area contributed by atoms with Gasteiger partial charge in [-0.25, -0.2) is 9.67 Å². The highest BCUT2D eigenvalue weighted by Gasteiger charge is 2.33. The summed E-state index contributed by atoms with van der Waals surface area (Å²) in [5.41, 5.74) is -0.171. The van der Waals surface area contributed by atoms with Gasteiger partial charge >= 0.3 is 0 Å². The molecule has 0 aliphatic heterocycles. The number of methoxy groups -OCH3 is 1. The van der Waals surface area contributed by atoms with Gasteiger partial charge in [0.15, 0.2) is 5.78 Å². The first-order valence-electron chi connectivity index (χ1n) is 6.65. The van der Waals surface area contributed by atoms with Gasteiger partial charge in [0.2, 0.25) is 0 Å². The first kappa shape index (κ1) is 15.4. The molecule has 0 N–H and O–H groups in total. The summed E-state index contributed by atoms with van der Waals surface area (Å²) >= 11 is 0. The topological polar surface area (TPSA) is 80.8 Å². The second-order valence-electron chi connectivity index (χ2n) is 5.17. The highest BCUT2D eigenvalue weighted by atomic mass is 16.5. The number of rotatable bonds is 5. The van der Waals surface area contributed by atoms with Crippen LogP contribution in [-0.4, -0.2) is 27.7 Å². The molecule has 112 valence electrons. The van der Waals surface area contributed by atoms with Crippen molar-refractivity contribution in [3.05, 3.63) is 48.1 Å². The Bertz CT molecular complexity index is 723. The molecule has 0 radical (unpaired) electrons. The molecule has 2 aromatic rings. The number of benzene rings is 1. The second-order valence-corrected chi connectivity index (χ2v) is 5.17. The van der Waals surface area contributed by atoms with Crippen LogP contribution in [0.4, 0.5) is 0 Å². The van der Waals surface area contributed by atoms with E-state index >= 15 is 0 Å². The normalized spacial score (nSPS) is 11.8. The Morgan fingerprint density at radius 3 is 2.55 bits per heavy atom. The molecule has 22 heavy (non-hydrogen) atoms. The molecule has 0 fully saturated rings. The largest absolute Gasteiger partial charge is 0.497 e. The Balaban J connectivity index is 2.32. The third-order valence-corrected chi connectivity index (χ3v) is 3.34. The van der Waals surface area contributed by atoms with Crippen molar-refractivity contribution in [1.29, 1.82) is 5.26 Å². The number of hydrogen-bond acceptors (Lipinski definition) is 5. The predicted molar refractivity (Wildman–Crippen MR) is 80.9 cm³/mol. The highest BCUT2D eigenvalue weighted by Crippen LogP contribution is 2.21. The van der Waals surface area contributed by atoms with Gasteiger partial charge < -0.3 is 4.74 Å². The van der Waals surface area contributed by atoms with E-state index in [1.165, 1.54) is 17.3 Å². The van der Waals surface area contributed by atoms with Crippen molar-refractivity contribution in [2.45, 2.75) is 19.4 Å². The number of nitriles is 1. The molecule has 0 spiro atoms. The van der Waals surface area contributed by atoms with Crippen molar-refractivity contribution in [2.24, 2.45) is 0 Å². The standard InChI is InChI=1S/C16H16N4O2/c1-16(2,20-11-18-10-19-20)15(21)13(9-17)8-12-4-6-14(22-3)7-5-12/h4-8,10-11H,1-3H3. The molecule has 0 aliphatic rings. The highest BCUT2D eigenvalue weighted by molar-refractivity contribution is 6.07. The van der Waals surface area contributed by atoms with Gasteiger partial charge in [-0.15, -0.1) is 0 Å². The molecule has 6 nitrogen and oxygen atoms in total. The Morgan fingerprint density at radius 1 is 1.36 bits per heavy atom. The van der Waals surface area contributed by atoms with Crippen LogP contribution in [0.25, 0.3) is 6.08 Å². The average molecular weight is 296 g/mol. The summed E-state index contributed by atoms with van der Waals surface area (Å²) in [6.07, 6.45) is 4.37. The minimum absolute atomic E-state index is 0.0608. The van der Waals surface area contributed by atoms with Gasteiger partial charge in [0, 0.05) is 0 Å². The van der Waals surface area contributed by atoms with E-state index in [1.807, 2.05) is 6.07 Å². The molecular formula is C16H16N4O2. The van der Waals surface area contributed by atoms with Crippen LogP contribution in [0, 0.1) is 11.3 Å². The number of allylic oxidation sites excluding steroid dienone is 1. The van der Waals surface area contributed by atoms with E-state index in [0.29, 0.717) is 5.75 Å². The van der Waals surface area contributed by atoms with Crippen LogP contribution < -0.4 is 4.74 Å². The number of ketones is 1. The molecule has 6 heteroatoms. The van der Waals surface area contributed by atoms with Crippen molar-refractivity contribution >= 4 is 11.9 Å². The number of Topliss-reactive ketones (excluding diaryl/α,β-unsaturated/α-hetero) is 1. The summed E-state index contributed by atoms with van der Waals surface area (Å²) in [5, 5.41) is 13.3. The Morgan fingerprint density at radius 2 is 2.05 bits per heavy atom. The van der Waals surface area contributed by atoms with E-state index in [1.54, 1.807) is 51.3 Å². The molecule has 1 aromatic carbocycles. The molecule has 0 bridgehead atoms. The zero-order chi connectivity index (χ0) is 16.2. The fourth-order valence-corrected chi connectivity index (χ4v) is 1.95. The van der Waals surface area contributed by atoms with Crippen LogP contribution in [0.15, 0.2) is 42.5 Å². The van der Waals surface area contributed by atoms with Crippen molar-refractivity contribution < 1.29 is 9.53 Å². The van der Waals surface area contributed by atoms with Crippen molar-refractivity contribution in [3.8, 4) is 11.8 Å². The zero-order valence-electron chi connectivity index (χ0n) is 12.6. The lowest BCUT2D eigenvalue weighted by molar-refractivity contribution is -0.122. The summed E-state index contributed by atoms with van der Waals surface area (Å²) in [6, 6.07) is 9.08. The Kier molecular flexibility index (Phi) is 4.37. The molecule has 1 heterocycles. The van der Waals surface area contributed by atoms with Gasteiger partial charge in [-0.2, -0.15) is 10.4 Å². The van der Waals surface area contributed by atoms with E-state index in [-0.39, 0.29) is 11.4 Å². The second kappa shape index (κ2) is 6.22. The quantitative estimate of drug-likeness (QED) is 0.624. The third kappa shape index (κ3) is 3.04. The predicted octanol–water partition coefficient (Wildman–Crippen LogP) is 2.20. The van der Waals surface area contributed by atoms with Crippen LogP contribution >= 0.6 is 0 Å². The summed E-state index contributed by atoms with van der Waals surface area (Å²) in [7, 11) is 1.58. The van der Waals surface area contributed by atoms with Gasteiger partial charge in [-0.3, -0.25) is 4.79 Å². The zero-order valence-corrected chi connectivity index (χ0v) is 12.6. The van der Waals surface area contributed by atoms with Crippen LogP contribution in [-0.2, 0) is 10.3 Å². The number of carbonyl (C=O) groups is 1. The fourth-order valence-electron chi connectivity index (χ4n) is 1.95. The number of nitrogens with zero attached hydrogens (tertiary/aromatic N) is 4. The van der Waals surface area contributed by atoms with Crippen LogP contribution in [0.5, 0.6) is 5.75 Å². The molecular weight excluding hydrogens is 280 g/mol. The maximum absolute atomic E-state index is 12.6. The maximum Gasteiger partial charge on any atom is 0.200 e. The van der Waals surface area contributed by atoms with Crippen molar-refractivity contribution in [1.82, 2.24) is 14.8 Å². The van der Waals surface area contributed by atoms with Gasteiger partial charge in [-0.05, 0) is 37.6 Å². The van der Waals surface area contributed by atoms with Gasteiger partial charge in [0.25, 0.3) is 0 Å². The monoisotopic (exact) mass is 296 g/mol. The van der Waals surface area contributed by atoms with Crippen LogP contribution in [0.3, 0.4) is 0 Å². The van der Waals surface area contributed by atoms with E-state index in [4.69, 9.17) is 4.74 Å². The van der Waals surface area contributed by atoms with E-state index in [2.05, 4.69) is 10.1 Å². The van der Waals surface area contributed by atoms with E-state index in [0.717, 1.165) is 5.56 Å².